The molecule has 0 spiro atoms. The monoisotopic (exact) mass is 354 g/mol. The number of para-hydroxylation sites is 1. The summed E-state index contributed by atoms with van der Waals surface area (Å²) in [5.41, 5.74) is 1.32. The lowest BCUT2D eigenvalue weighted by molar-refractivity contribution is -0.129. The molecule has 0 radical (unpaired) electrons. The van der Waals surface area contributed by atoms with Crippen molar-refractivity contribution in [2.75, 3.05) is 6.54 Å². The van der Waals surface area contributed by atoms with E-state index in [1.165, 1.54) is 0 Å². The molecular weight excluding hydrogens is 328 g/mol. The van der Waals surface area contributed by atoms with Crippen molar-refractivity contribution in [2.45, 2.75) is 46.6 Å². The highest BCUT2D eigenvalue weighted by molar-refractivity contribution is 6.11. The summed E-state index contributed by atoms with van der Waals surface area (Å²) in [7, 11) is 0. The quantitative estimate of drug-likeness (QED) is 0.842. The van der Waals surface area contributed by atoms with Crippen LogP contribution in [0.15, 0.2) is 41.8 Å². The van der Waals surface area contributed by atoms with Gasteiger partial charge in [-0.15, -0.1) is 0 Å². The van der Waals surface area contributed by atoms with Gasteiger partial charge in [-0.25, -0.2) is 0 Å². The van der Waals surface area contributed by atoms with Gasteiger partial charge in [0.1, 0.15) is 0 Å². The van der Waals surface area contributed by atoms with Crippen LogP contribution in [0.4, 0.5) is 0 Å². The maximum atomic E-state index is 13.1. The Morgan fingerprint density at radius 2 is 1.96 bits per heavy atom. The van der Waals surface area contributed by atoms with Gasteiger partial charge in [0, 0.05) is 34.6 Å². The number of aliphatic hydroxyl groups excluding tert-OH is 1. The molecule has 0 aliphatic carbocycles. The number of aliphatic hydroxyl groups is 1. The van der Waals surface area contributed by atoms with Crippen molar-refractivity contribution < 1.29 is 14.7 Å². The van der Waals surface area contributed by atoms with Crippen LogP contribution in [0.3, 0.4) is 0 Å². The molecule has 0 saturated heterocycles. The zero-order valence-corrected chi connectivity index (χ0v) is 15.8. The number of benzene rings is 1. The minimum Gasteiger partial charge on any atom is -0.503 e. The number of hydrogen-bond donors (Lipinski definition) is 2. The minimum atomic E-state index is -0.686. The van der Waals surface area contributed by atoms with Crippen molar-refractivity contribution in [3.8, 4) is 0 Å². The predicted octanol–water partition coefficient (Wildman–Crippen LogP) is 4.28. The Hall–Kier alpha value is -2.56. The Kier molecular flexibility index (Phi) is 4.65. The number of amides is 1. The number of ketones is 1. The Labute approximate surface area is 153 Å². The highest BCUT2D eigenvalue weighted by Crippen LogP contribution is 2.43. The molecule has 3 rings (SSSR count). The number of aromatic amines is 1. The first kappa shape index (κ1) is 18.2. The lowest BCUT2D eigenvalue weighted by atomic mass is 9.82. The number of fused-ring (bicyclic) bond motifs is 1. The topological polar surface area (TPSA) is 73.4 Å². The molecule has 5 nitrogen and oxygen atoms in total. The van der Waals surface area contributed by atoms with E-state index in [2.05, 4.69) is 11.9 Å². The molecule has 1 aliphatic rings. The molecule has 1 atom stereocenters. The Morgan fingerprint density at radius 1 is 1.27 bits per heavy atom. The molecule has 1 aromatic heterocycles. The third kappa shape index (κ3) is 2.91. The van der Waals surface area contributed by atoms with Crippen LogP contribution in [0, 0.1) is 5.41 Å². The molecular formula is C21H26N2O3. The fraction of sp³-hybridized carbons (Fsp3) is 0.429. The molecule has 138 valence electrons. The molecule has 0 bridgehead atoms. The second-order valence-corrected chi connectivity index (χ2v) is 7.89. The van der Waals surface area contributed by atoms with E-state index in [0.717, 1.165) is 29.3 Å². The number of nitrogens with zero attached hydrogens (tertiary/aromatic N) is 1. The molecule has 26 heavy (non-hydrogen) atoms. The molecule has 2 aromatic rings. The van der Waals surface area contributed by atoms with Crippen LogP contribution in [0.2, 0.25) is 0 Å². The average Bonchev–Trinajstić information content (AvgIpc) is 3.12. The van der Waals surface area contributed by atoms with E-state index in [1.807, 2.05) is 30.5 Å². The number of Topliss-reactive ketones (excluding diaryl/α,β-unsaturated/α-hetero) is 1. The summed E-state index contributed by atoms with van der Waals surface area (Å²) in [5, 5.41) is 11.5. The van der Waals surface area contributed by atoms with Gasteiger partial charge >= 0.3 is 0 Å². The third-order valence-corrected chi connectivity index (χ3v) is 4.90. The number of aromatic nitrogens is 1. The molecule has 5 heteroatoms. The van der Waals surface area contributed by atoms with E-state index in [1.54, 1.807) is 25.7 Å². The number of unbranched alkanes of at least 4 members (excludes halogenated alkanes) is 1. The summed E-state index contributed by atoms with van der Waals surface area (Å²) in [4.78, 5) is 30.7. The van der Waals surface area contributed by atoms with Gasteiger partial charge in [0.05, 0.1) is 11.6 Å². The van der Waals surface area contributed by atoms with Crippen LogP contribution >= 0.6 is 0 Å². The van der Waals surface area contributed by atoms with Crippen molar-refractivity contribution in [2.24, 2.45) is 5.41 Å². The van der Waals surface area contributed by atoms with Gasteiger partial charge in [-0.3, -0.25) is 9.59 Å². The second kappa shape index (κ2) is 6.63. The lowest BCUT2D eigenvalue weighted by Crippen LogP contribution is -2.33. The van der Waals surface area contributed by atoms with Gasteiger partial charge in [0.15, 0.2) is 11.5 Å². The van der Waals surface area contributed by atoms with Gasteiger partial charge in [-0.2, -0.15) is 0 Å². The van der Waals surface area contributed by atoms with Crippen molar-refractivity contribution >= 4 is 22.6 Å². The Balaban J connectivity index is 2.17. The van der Waals surface area contributed by atoms with Crippen molar-refractivity contribution in [1.29, 1.82) is 0 Å². The van der Waals surface area contributed by atoms with E-state index < -0.39 is 23.1 Å². The minimum absolute atomic E-state index is 0.197. The first-order valence-electron chi connectivity index (χ1n) is 9.12. The van der Waals surface area contributed by atoms with Crippen LogP contribution in [0.25, 0.3) is 10.9 Å². The molecule has 1 unspecified atom stereocenters. The molecule has 1 amide bonds. The zero-order chi connectivity index (χ0) is 19.1. The van der Waals surface area contributed by atoms with Gasteiger partial charge in [0.2, 0.25) is 0 Å². The standard InChI is InChI=1S/C21H26N2O3/c1-5-6-11-23-17(14-12-22-15-10-8-7-9-13(14)15)16(18(24)20(23)26)19(25)21(2,3)4/h7-10,12,17,22,24H,5-6,11H2,1-4H3. The van der Waals surface area contributed by atoms with E-state index in [0.29, 0.717) is 6.54 Å². The smallest absolute Gasteiger partial charge is 0.290 e. The number of carbonyl (C=O) groups excluding carboxylic acids is 2. The van der Waals surface area contributed by atoms with Crippen molar-refractivity contribution in [3.63, 3.8) is 0 Å². The molecule has 1 aliphatic heterocycles. The summed E-state index contributed by atoms with van der Waals surface area (Å²) < 4.78 is 0. The number of hydrogen-bond acceptors (Lipinski definition) is 3. The molecule has 2 N–H and O–H groups in total. The summed E-state index contributed by atoms with van der Waals surface area (Å²) in [6.45, 7) is 7.98. The molecule has 0 saturated carbocycles. The van der Waals surface area contributed by atoms with Crippen molar-refractivity contribution in [3.05, 3.63) is 47.4 Å². The number of rotatable bonds is 5. The molecule has 2 heterocycles. The van der Waals surface area contributed by atoms with Gasteiger partial charge in [-0.1, -0.05) is 52.3 Å². The predicted molar refractivity (Wildman–Crippen MR) is 102 cm³/mol. The van der Waals surface area contributed by atoms with Crippen LogP contribution in [-0.2, 0) is 9.59 Å². The fourth-order valence-corrected chi connectivity index (χ4v) is 3.49. The first-order valence-corrected chi connectivity index (χ1v) is 9.12. The first-order chi connectivity index (χ1) is 12.3. The molecule has 0 fully saturated rings. The van der Waals surface area contributed by atoms with Crippen LogP contribution in [-0.4, -0.2) is 33.2 Å². The zero-order valence-electron chi connectivity index (χ0n) is 15.8. The molecule has 1 aromatic carbocycles. The highest BCUT2D eigenvalue weighted by atomic mass is 16.3. The maximum absolute atomic E-state index is 13.1. The summed E-state index contributed by atoms with van der Waals surface area (Å²) >= 11 is 0. The van der Waals surface area contributed by atoms with E-state index in [4.69, 9.17) is 0 Å². The Morgan fingerprint density at radius 3 is 2.62 bits per heavy atom. The SMILES string of the molecule is CCCCN1C(=O)C(O)=C(C(=O)C(C)(C)C)C1c1c[nH]c2ccccc12. The van der Waals surface area contributed by atoms with E-state index in [-0.39, 0.29) is 11.4 Å². The van der Waals surface area contributed by atoms with Crippen LogP contribution in [0.1, 0.15) is 52.1 Å². The fourth-order valence-electron chi connectivity index (χ4n) is 3.49. The van der Waals surface area contributed by atoms with Crippen LogP contribution in [0.5, 0.6) is 0 Å². The van der Waals surface area contributed by atoms with Crippen molar-refractivity contribution in [1.82, 2.24) is 9.88 Å². The van der Waals surface area contributed by atoms with Gasteiger partial charge < -0.3 is 15.0 Å². The largest absolute Gasteiger partial charge is 0.503 e. The lowest BCUT2D eigenvalue weighted by Gasteiger charge is -2.28. The van der Waals surface area contributed by atoms with E-state index >= 15 is 0 Å². The number of nitrogens with one attached hydrogen (secondary N) is 1. The normalized spacial score (nSPS) is 18.2. The average molecular weight is 354 g/mol. The summed E-state index contributed by atoms with van der Waals surface area (Å²) in [6, 6.07) is 7.24. The second-order valence-electron chi connectivity index (χ2n) is 7.89. The van der Waals surface area contributed by atoms with Gasteiger partial charge in [0.25, 0.3) is 5.91 Å². The third-order valence-electron chi connectivity index (χ3n) is 4.90. The Bertz CT molecular complexity index is 886. The van der Waals surface area contributed by atoms with E-state index in [9.17, 15) is 14.7 Å². The summed E-state index contributed by atoms with van der Waals surface area (Å²) in [6.07, 6.45) is 3.58. The van der Waals surface area contributed by atoms with Crippen LogP contribution < -0.4 is 0 Å². The summed E-state index contributed by atoms with van der Waals surface area (Å²) in [5.74, 6) is -1.06. The highest BCUT2D eigenvalue weighted by Gasteiger charge is 2.46. The number of carbonyl (C=O) groups is 2. The van der Waals surface area contributed by atoms with Gasteiger partial charge in [-0.05, 0) is 12.5 Å². The number of H-pyrrole nitrogens is 1. The maximum Gasteiger partial charge on any atom is 0.290 e.